The predicted octanol–water partition coefficient (Wildman–Crippen LogP) is 0.297. The number of esters is 1. The number of carboxylic acid groups (broad SMARTS) is 1. The molecule has 0 radical (unpaired) electrons. The maximum atomic E-state index is 11.2. The number of hydrogen-bond donors (Lipinski definition) is 3. The van der Waals surface area contributed by atoms with Gasteiger partial charge in [0.15, 0.2) is 0 Å². The predicted molar refractivity (Wildman–Crippen MR) is 61.9 cm³/mol. The van der Waals surface area contributed by atoms with Gasteiger partial charge in [0.05, 0.1) is 12.7 Å². The van der Waals surface area contributed by atoms with E-state index in [2.05, 4.69) is 10.1 Å². The third-order valence-electron chi connectivity index (χ3n) is 2.13. The van der Waals surface area contributed by atoms with E-state index >= 15 is 0 Å². The highest BCUT2D eigenvalue weighted by Crippen LogP contribution is 2.11. The Hall–Kier alpha value is -2.08. The van der Waals surface area contributed by atoms with Crippen molar-refractivity contribution in [2.24, 2.45) is 5.73 Å². The second kappa shape index (κ2) is 5.86. The van der Waals surface area contributed by atoms with Gasteiger partial charge in [-0.2, -0.15) is 0 Å². The third-order valence-corrected chi connectivity index (χ3v) is 2.13. The molecular weight excluding hydrogens is 224 g/mol. The molecule has 92 valence electrons. The lowest BCUT2D eigenvalue weighted by atomic mass is 10.2. The molecule has 0 saturated carbocycles. The molecule has 0 aliphatic carbocycles. The minimum Gasteiger partial charge on any atom is -0.480 e. The van der Waals surface area contributed by atoms with Gasteiger partial charge in [-0.05, 0) is 18.2 Å². The summed E-state index contributed by atoms with van der Waals surface area (Å²) in [5.74, 6) is -1.53. The highest BCUT2D eigenvalue weighted by atomic mass is 16.5. The Balaban J connectivity index is 2.66. The fraction of sp³-hybridized carbons (Fsp3) is 0.273. The first-order chi connectivity index (χ1) is 8.04. The van der Waals surface area contributed by atoms with Crippen molar-refractivity contribution in [3.8, 4) is 0 Å². The summed E-state index contributed by atoms with van der Waals surface area (Å²) in [6.07, 6.45) is 0. The number of carbonyl (C=O) groups excluding carboxylic acids is 1. The first-order valence-electron chi connectivity index (χ1n) is 4.95. The number of ether oxygens (including phenoxy) is 1. The zero-order chi connectivity index (χ0) is 12.8. The molecule has 1 rings (SSSR count). The number of rotatable bonds is 5. The summed E-state index contributed by atoms with van der Waals surface area (Å²) in [6, 6.07) is 5.56. The Labute approximate surface area is 98.4 Å². The van der Waals surface area contributed by atoms with Gasteiger partial charge in [0, 0.05) is 12.2 Å². The van der Waals surface area contributed by atoms with Crippen molar-refractivity contribution in [2.75, 3.05) is 19.0 Å². The summed E-state index contributed by atoms with van der Waals surface area (Å²) in [5.41, 5.74) is 6.34. The summed E-state index contributed by atoms with van der Waals surface area (Å²) in [5, 5.41) is 11.4. The van der Waals surface area contributed by atoms with E-state index in [4.69, 9.17) is 10.8 Å². The molecule has 0 saturated heterocycles. The maximum absolute atomic E-state index is 11.2. The largest absolute Gasteiger partial charge is 0.480 e. The molecule has 6 heteroatoms. The summed E-state index contributed by atoms with van der Waals surface area (Å²) in [6.45, 7) is 0.0833. The molecule has 1 aromatic rings. The number of anilines is 1. The third kappa shape index (κ3) is 3.76. The van der Waals surface area contributed by atoms with Crippen LogP contribution in [-0.2, 0) is 9.53 Å². The topological polar surface area (TPSA) is 102 Å². The van der Waals surface area contributed by atoms with E-state index in [1.54, 1.807) is 24.3 Å². The van der Waals surface area contributed by atoms with Crippen molar-refractivity contribution in [1.29, 1.82) is 0 Å². The van der Waals surface area contributed by atoms with Crippen LogP contribution in [0.2, 0.25) is 0 Å². The molecular formula is C11H14N2O4. The average molecular weight is 238 g/mol. The number of hydrogen-bond acceptors (Lipinski definition) is 5. The van der Waals surface area contributed by atoms with Crippen LogP contribution in [0.5, 0.6) is 0 Å². The summed E-state index contributed by atoms with van der Waals surface area (Å²) in [7, 11) is 1.29. The molecule has 0 aromatic heterocycles. The summed E-state index contributed by atoms with van der Waals surface area (Å²) in [4.78, 5) is 21.7. The Morgan fingerprint density at radius 2 is 2.24 bits per heavy atom. The molecule has 1 unspecified atom stereocenters. The molecule has 0 aliphatic rings. The highest BCUT2D eigenvalue weighted by Gasteiger charge is 2.11. The van der Waals surface area contributed by atoms with Gasteiger partial charge in [-0.1, -0.05) is 6.07 Å². The van der Waals surface area contributed by atoms with Gasteiger partial charge in [0.1, 0.15) is 6.04 Å². The molecule has 0 fully saturated rings. The van der Waals surface area contributed by atoms with Crippen LogP contribution in [0.25, 0.3) is 0 Å². The molecule has 4 N–H and O–H groups in total. The molecule has 17 heavy (non-hydrogen) atoms. The maximum Gasteiger partial charge on any atom is 0.337 e. The molecule has 0 spiro atoms. The van der Waals surface area contributed by atoms with Crippen LogP contribution in [0, 0.1) is 0 Å². The molecule has 0 bridgehead atoms. The fourth-order valence-corrected chi connectivity index (χ4v) is 1.19. The highest BCUT2D eigenvalue weighted by molar-refractivity contribution is 5.90. The van der Waals surface area contributed by atoms with Crippen molar-refractivity contribution in [3.05, 3.63) is 29.8 Å². The minimum absolute atomic E-state index is 0.0833. The first-order valence-corrected chi connectivity index (χ1v) is 4.95. The first kappa shape index (κ1) is 13.0. The van der Waals surface area contributed by atoms with Crippen molar-refractivity contribution in [3.63, 3.8) is 0 Å². The van der Waals surface area contributed by atoms with Crippen LogP contribution in [0.1, 0.15) is 10.4 Å². The SMILES string of the molecule is COC(=O)c1cccc(NCC(N)C(=O)O)c1. The van der Waals surface area contributed by atoms with Crippen molar-refractivity contribution >= 4 is 17.6 Å². The number of carboxylic acids is 1. The standard InChI is InChI=1S/C11H14N2O4/c1-17-11(16)7-3-2-4-8(5-7)13-6-9(12)10(14)15/h2-5,9,13H,6,12H2,1H3,(H,14,15). The number of aliphatic carboxylic acids is 1. The Kier molecular flexibility index (Phi) is 4.47. The lowest BCUT2D eigenvalue weighted by molar-refractivity contribution is -0.138. The van der Waals surface area contributed by atoms with Gasteiger partial charge in [-0.25, -0.2) is 4.79 Å². The lowest BCUT2D eigenvalue weighted by Gasteiger charge is -2.10. The van der Waals surface area contributed by atoms with Gasteiger partial charge in [-0.15, -0.1) is 0 Å². The smallest absolute Gasteiger partial charge is 0.337 e. The van der Waals surface area contributed by atoms with E-state index < -0.39 is 18.0 Å². The van der Waals surface area contributed by atoms with E-state index in [0.717, 1.165) is 0 Å². The molecule has 0 heterocycles. The van der Waals surface area contributed by atoms with Gasteiger partial charge in [-0.3, -0.25) is 4.79 Å². The normalized spacial score (nSPS) is 11.6. The van der Waals surface area contributed by atoms with Gasteiger partial charge < -0.3 is 20.9 Å². The summed E-state index contributed by atoms with van der Waals surface area (Å²) >= 11 is 0. The van der Waals surface area contributed by atoms with Gasteiger partial charge >= 0.3 is 11.9 Å². The van der Waals surface area contributed by atoms with Crippen LogP contribution in [0.3, 0.4) is 0 Å². The Bertz CT molecular complexity index is 420. The molecule has 0 aliphatic heterocycles. The van der Waals surface area contributed by atoms with Crippen molar-refractivity contribution in [1.82, 2.24) is 0 Å². The summed E-state index contributed by atoms with van der Waals surface area (Å²) < 4.78 is 4.57. The van der Waals surface area contributed by atoms with E-state index in [1.807, 2.05) is 0 Å². The average Bonchev–Trinajstić information content (AvgIpc) is 2.35. The van der Waals surface area contributed by atoms with Crippen LogP contribution < -0.4 is 11.1 Å². The van der Waals surface area contributed by atoms with E-state index in [9.17, 15) is 9.59 Å². The zero-order valence-electron chi connectivity index (χ0n) is 9.34. The van der Waals surface area contributed by atoms with Gasteiger partial charge in [0.25, 0.3) is 0 Å². The second-order valence-corrected chi connectivity index (χ2v) is 3.40. The Morgan fingerprint density at radius 3 is 2.82 bits per heavy atom. The number of nitrogens with one attached hydrogen (secondary N) is 1. The van der Waals surface area contributed by atoms with E-state index in [-0.39, 0.29) is 6.54 Å². The number of nitrogens with two attached hydrogens (primary N) is 1. The lowest BCUT2D eigenvalue weighted by Crippen LogP contribution is -2.36. The van der Waals surface area contributed by atoms with Crippen LogP contribution in [0.15, 0.2) is 24.3 Å². The minimum atomic E-state index is -1.08. The number of carbonyl (C=O) groups is 2. The van der Waals surface area contributed by atoms with Crippen LogP contribution >= 0.6 is 0 Å². The zero-order valence-corrected chi connectivity index (χ0v) is 9.34. The molecule has 1 aromatic carbocycles. The van der Waals surface area contributed by atoms with Gasteiger partial charge in [0.2, 0.25) is 0 Å². The molecule has 1 atom stereocenters. The Morgan fingerprint density at radius 1 is 1.53 bits per heavy atom. The van der Waals surface area contributed by atoms with Crippen molar-refractivity contribution < 1.29 is 19.4 Å². The van der Waals surface area contributed by atoms with Crippen molar-refractivity contribution in [2.45, 2.75) is 6.04 Å². The van der Waals surface area contributed by atoms with Crippen LogP contribution in [0.4, 0.5) is 5.69 Å². The molecule has 6 nitrogen and oxygen atoms in total. The number of methoxy groups -OCH3 is 1. The molecule has 0 amide bonds. The van der Waals surface area contributed by atoms with Crippen LogP contribution in [-0.4, -0.2) is 36.7 Å². The van der Waals surface area contributed by atoms with E-state index in [1.165, 1.54) is 7.11 Å². The number of benzene rings is 1. The fourth-order valence-electron chi connectivity index (χ4n) is 1.19. The van der Waals surface area contributed by atoms with E-state index in [0.29, 0.717) is 11.3 Å². The second-order valence-electron chi connectivity index (χ2n) is 3.40. The quantitative estimate of drug-likeness (QED) is 0.637. The monoisotopic (exact) mass is 238 g/mol.